The van der Waals surface area contributed by atoms with Crippen molar-refractivity contribution < 1.29 is 14.3 Å². The number of aryl methyl sites for hydroxylation is 1. The predicted octanol–water partition coefficient (Wildman–Crippen LogP) is 4.78. The third-order valence-corrected chi connectivity index (χ3v) is 5.98. The number of amides is 1. The van der Waals surface area contributed by atoms with Gasteiger partial charge in [-0.25, -0.2) is 9.97 Å². The molecule has 1 amide bonds. The maximum atomic E-state index is 12.5. The number of nitrogens with zero attached hydrogens (tertiary/aromatic N) is 2. The van der Waals surface area contributed by atoms with Gasteiger partial charge in [0.15, 0.2) is 5.13 Å². The molecule has 1 atom stereocenters. The fourth-order valence-corrected chi connectivity index (χ4v) is 4.48. The van der Waals surface area contributed by atoms with E-state index in [1.807, 2.05) is 44.2 Å². The Kier molecular flexibility index (Phi) is 8.87. The first kappa shape index (κ1) is 23.2. The van der Waals surface area contributed by atoms with Gasteiger partial charge in [-0.2, -0.15) is 0 Å². The lowest BCUT2D eigenvalue weighted by atomic mass is 10.1. The number of ether oxygens (including phenoxy) is 2. The Bertz CT molecular complexity index is 979. The number of carbonyl (C=O) groups excluding carboxylic acids is 1. The first-order chi connectivity index (χ1) is 15.0. The number of hydrogen-bond donors (Lipinski definition) is 1. The SMILES string of the molecule is COCCSc1cc(O[C@@H](C)Cc2ccccc2)cc(CC(=O)Nc2ncc(C)s2)n1. The van der Waals surface area contributed by atoms with Gasteiger partial charge in [0.05, 0.1) is 24.8 Å². The van der Waals surface area contributed by atoms with Crippen LogP contribution in [0.4, 0.5) is 5.13 Å². The van der Waals surface area contributed by atoms with Gasteiger partial charge in [0, 0.05) is 42.5 Å². The topological polar surface area (TPSA) is 73.3 Å². The molecule has 0 bridgehead atoms. The third kappa shape index (κ3) is 7.97. The molecule has 3 rings (SSSR count). The smallest absolute Gasteiger partial charge is 0.232 e. The van der Waals surface area contributed by atoms with Crippen LogP contribution in [0.3, 0.4) is 0 Å². The molecular formula is C23H27N3O3S2. The number of carbonyl (C=O) groups is 1. The van der Waals surface area contributed by atoms with Gasteiger partial charge in [-0.3, -0.25) is 4.79 Å². The lowest BCUT2D eigenvalue weighted by Crippen LogP contribution is -2.17. The average Bonchev–Trinajstić information content (AvgIpc) is 3.13. The molecule has 6 nitrogen and oxygen atoms in total. The molecular weight excluding hydrogens is 430 g/mol. The highest BCUT2D eigenvalue weighted by Crippen LogP contribution is 2.25. The molecule has 164 valence electrons. The number of benzene rings is 1. The van der Waals surface area contributed by atoms with E-state index in [0.717, 1.165) is 22.1 Å². The van der Waals surface area contributed by atoms with E-state index in [-0.39, 0.29) is 18.4 Å². The van der Waals surface area contributed by atoms with Crippen molar-refractivity contribution in [1.29, 1.82) is 0 Å². The maximum absolute atomic E-state index is 12.5. The molecule has 8 heteroatoms. The zero-order valence-corrected chi connectivity index (χ0v) is 19.6. The summed E-state index contributed by atoms with van der Waals surface area (Å²) in [6, 6.07) is 14.0. The molecule has 3 aromatic rings. The second-order valence-corrected chi connectivity index (χ2v) is 9.44. The molecule has 0 radical (unpaired) electrons. The molecule has 0 saturated carbocycles. The molecule has 0 fully saturated rings. The summed E-state index contributed by atoms with van der Waals surface area (Å²) in [5.74, 6) is 1.34. The summed E-state index contributed by atoms with van der Waals surface area (Å²) in [5.41, 5.74) is 1.88. The van der Waals surface area contributed by atoms with Crippen molar-refractivity contribution in [3.63, 3.8) is 0 Å². The summed E-state index contributed by atoms with van der Waals surface area (Å²) in [6.07, 6.45) is 2.68. The van der Waals surface area contributed by atoms with Crippen molar-refractivity contribution >= 4 is 34.1 Å². The van der Waals surface area contributed by atoms with Crippen molar-refractivity contribution in [3.05, 3.63) is 64.8 Å². The van der Waals surface area contributed by atoms with Crippen LogP contribution in [0.15, 0.2) is 53.7 Å². The highest BCUT2D eigenvalue weighted by Gasteiger charge is 2.13. The molecule has 0 unspecified atom stereocenters. The Hall–Kier alpha value is -2.42. The highest BCUT2D eigenvalue weighted by atomic mass is 32.2. The lowest BCUT2D eigenvalue weighted by molar-refractivity contribution is -0.115. The van der Waals surface area contributed by atoms with E-state index in [4.69, 9.17) is 9.47 Å². The third-order valence-electron chi connectivity index (χ3n) is 4.28. The van der Waals surface area contributed by atoms with E-state index >= 15 is 0 Å². The van der Waals surface area contributed by atoms with Crippen LogP contribution >= 0.6 is 23.1 Å². The Morgan fingerprint density at radius 1 is 1.26 bits per heavy atom. The fourth-order valence-electron chi connectivity index (χ4n) is 2.96. The average molecular weight is 458 g/mol. The lowest BCUT2D eigenvalue weighted by Gasteiger charge is -2.16. The number of rotatable bonds is 11. The van der Waals surface area contributed by atoms with Gasteiger partial charge in [-0.05, 0) is 19.4 Å². The molecule has 0 aliphatic rings. The van der Waals surface area contributed by atoms with E-state index in [9.17, 15) is 4.79 Å². The quantitative estimate of drug-likeness (QED) is 0.330. The fraction of sp³-hybridized carbons (Fsp3) is 0.348. The monoisotopic (exact) mass is 457 g/mol. The number of nitrogens with one attached hydrogen (secondary N) is 1. The minimum atomic E-state index is -0.149. The number of thiazole rings is 1. The van der Waals surface area contributed by atoms with Gasteiger partial charge >= 0.3 is 0 Å². The summed E-state index contributed by atoms with van der Waals surface area (Å²) < 4.78 is 11.3. The van der Waals surface area contributed by atoms with Crippen molar-refractivity contribution in [2.24, 2.45) is 0 Å². The summed E-state index contributed by atoms with van der Waals surface area (Å²) in [5, 5.41) is 4.25. The molecule has 0 spiro atoms. The second-order valence-electron chi connectivity index (χ2n) is 7.09. The van der Waals surface area contributed by atoms with Crippen LogP contribution in [-0.2, 0) is 22.4 Å². The van der Waals surface area contributed by atoms with Crippen LogP contribution in [0, 0.1) is 6.92 Å². The minimum Gasteiger partial charge on any atom is -0.490 e. The molecule has 1 N–H and O–H groups in total. The Balaban J connectivity index is 1.69. The van der Waals surface area contributed by atoms with E-state index in [0.29, 0.717) is 23.2 Å². The Labute approximate surface area is 191 Å². The predicted molar refractivity (Wildman–Crippen MR) is 126 cm³/mol. The molecule has 2 heterocycles. The van der Waals surface area contributed by atoms with Gasteiger partial charge in [0.2, 0.25) is 5.91 Å². The number of aromatic nitrogens is 2. The van der Waals surface area contributed by atoms with Gasteiger partial charge < -0.3 is 14.8 Å². The van der Waals surface area contributed by atoms with E-state index < -0.39 is 0 Å². The Morgan fingerprint density at radius 3 is 2.77 bits per heavy atom. The highest BCUT2D eigenvalue weighted by molar-refractivity contribution is 7.99. The van der Waals surface area contributed by atoms with Crippen LogP contribution in [0.1, 0.15) is 23.1 Å². The summed E-state index contributed by atoms with van der Waals surface area (Å²) >= 11 is 3.03. The van der Waals surface area contributed by atoms with Crippen LogP contribution in [-0.4, -0.2) is 41.4 Å². The zero-order chi connectivity index (χ0) is 22.1. The maximum Gasteiger partial charge on any atom is 0.232 e. The van der Waals surface area contributed by atoms with Crippen LogP contribution < -0.4 is 10.1 Å². The summed E-state index contributed by atoms with van der Waals surface area (Å²) in [6.45, 7) is 4.62. The number of methoxy groups -OCH3 is 1. The molecule has 2 aromatic heterocycles. The minimum absolute atomic E-state index is 0.0124. The van der Waals surface area contributed by atoms with Gasteiger partial charge in [-0.1, -0.05) is 30.3 Å². The number of hydrogen-bond acceptors (Lipinski definition) is 7. The van der Waals surface area contributed by atoms with Gasteiger partial charge in [0.25, 0.3) is 0 Å². The Morgan fingerprint density at radius 2 is 2.06 bits per heavy atom. The van der Waals surface area contributed by atoms with Crippen LogP contribution in [0.2, 0.25) is 0 Å². The largest absolute Gasteiger partial charge is 0.490 e. The summed E-state index contributed by atoms with van der Waals surface area (Å²) in [4.78, 5) is 22.4. The molecule has 31 heavy (non-hydrogen) atoms. The van der Waals surface area contributed by atoms with Gasteiger partial charge in [0.1, 0.15) is 10.8 Å². The number of thioether (sulfide) groups is 1. The first-order valence-electron chi connectivity index (χ1n) is 10.1. The molecule has 0 aliphatic heterocycles. The number of anilines is 1. The molecule has 1 aromatic carbocycles. The van der Waals surface area contributed by atoms with Crippen molar-refractivity contribution in [2.75, 3.05) is 24.8 Å². The van der Waals surface area contributed by atoms with Crippen LogP contribution in [0.5, 0.6) is 5.75 Å². The second kappa shape index (κ2) is 11.8. The van der Waals surface area contributed by atoms with Crippen LogP contribution in [0.25, 0.3) is 0 Å². The summed E-state index contributed by atoms with van der Waals surface area (Å²) in [7, 11) is 1.68. The van der Waals surface area contributed by atoms with Crippen molar-refractivity contribution in [3.8, 4) is 5.75 Å². The molecule has 0 aliphatic carbocycles. The van der Waals surface area contributed by atoms with E-state index in [1.54, 1.807) is 25.1 Å². The zero-order valence-electron chi connectivity index (χ0n) is 18.0. The van der Waals surface area contributed by atoms with Crippen molar-refractivity contribution in [2.45, 2.75) is 37.8 Å². The van der Waals surface area contributed by atoms with Gasteiger partial charge in [-0.15, -0.1) is 23.1 Å². The van der Waals surface area contributed by atoms with Crippen molar-refractivity contribution in [1.82, 2.24) is 9.97 Å². The molecule has 0 saturated heterocycles. The normalized spacial score (nSPS) is 11.8. The first-order valence-corrected chi connectivity index (χ1v) is 11.9. The van der Waals surface area contributed by atoms with E-state index in [1.165, 1.54) is 16.9 Å². The standard InChI is InChI=1S/C23H27N3O3S2/c1-16(11-18-7-5-4-6-8-18)29-20-12-19(25-22(14-20)30-10-9-28-3)13-21(27)26-23-24-15-17(2)31-23/h4-8,12,14-16H,9-11,13H2,1-3H3,(H,24,26,27)/t16-/m0/s1. The number of pyridine rings is 1. The van der Waals surface area contributed by atoms with E-state index in [2.05, 4.69) is 27.4 Å².